The second kappa shape index (κ2) is 8.09. The number of hydrogen-bond acceptors (Lipinski definition) is 5. The summed E-state index contributed by atoms with van der Waals surface area (Å²) in [7, 11) is 1.78. The Bertz CT molecular complexity index is 871. The van der Waals surface area contributed by atoms with Crippen LogP contribution in [0.15, 0.2) is 35.8 Å². The van der Waals surface area contributed by atoms with Crippen LogP contribution in [-0.4, -0.2) is 32.3 Å². The minimum absolute atomic E-state index is 0.264. The Morgan fingerprint density at radius 2 is 2.15 bits per heavy atom. The Hall–Kier alpha value is -2.74. The molecule has 0 spiro atoms. The molecule has 2 N–H and O–H groups in total. The van der Waals surface area contributed by atoms with Gasteiger partial charge in [-0.3, -0.25) is 15.0 Å². The molecule has 3 rings (SSSR count). The van der Waals surface area contributed by atoms with Crippen molar-refractivity contribution in [2.24, 2.45) is 7.05 Å². The molecule has 0 aliphatic carbocycles. The van der Waals surface area contributed by atoms with Crippen LogP contribution in [0.5, 0.6) is 0 Å². The third-order valence-electron chi connectivity index (χ3n) is 3.78. The van der Waals surface area contributed by atoms with E-state index < -0.39 is 0 Å². The molecule has 0 radical (unpaired) electrons. The lowest BCUT2D eigenvalue weighted by Gasteiger charge is -2.06. The van der Waals surface area contributed by atoms with Crippen LogP contribution in [0.1, 0.15) is 30.5 Å². The SMILES string of the molecule is CC(C)c1nc(CCNC(=O)Nc2cc(-c3ccccn3)nn2C)cs1. The molecule has 0 atom stereocenters. The molecular weight excluding hydrogens is 348 g/mol. The van der Waals surface area contributed by atoms with Crippen LogP contribution in [-0.2, 0) is 13.5 Å². The monoisotopic (exact) mass is 370 g/mol. The van der Waals surface area contributed by atoms with Gasteiger partial charge >= 0.3 is 6.03 Å². The molecule has 0 fully saturated rings. The van der Waals surface area contributed by atoms with Crippen molar-refractivity contribution in [1.82, 2.24) is 25.1 Å². The van der Waals surface area contributed by atoms with E-state index in [-0.39, 0.29) is 6.03 Å². The number of rotatable bonds is 6. The van der Waals surface area contributed by atoms with E-state index in [9.17, 15) is 4.79 Å². The van der Waals surface area contributed by atoms with Crippen molar-refractivity contribution in [3.8, 4) is 11.4 Å². The van der Waals surface area contributed by atoms with Gasteiger partial charge in [-0.1, -0.05) is 19.9 Å². The fraction of sp³-hybridized carbons (Fsp3) is 0.333. The van der Waals surface area contributed by atoms with E-state index in [0.29, 0.717) is 30.4 Å². The molecule has 7 nitrogen and oxygen atoms in total. The third-order valence-corrected chi connectivity index (χ3v) is 4.97. The number of thiazole rings is 1. The van der Waals surface area contributed by atoms with Gasteiger partial charge in [0.05, 0.1) is 16.4 Å². The molecule has 0 saturated heterocycles. The highest BCUT2D eigenvalue weighted by molar-refractivity contribution is 7.09. The number of anilines is 1. The molecule has 8 heteroatoms. The zero-order valence-electron chi connectivity index (χ0n) is 15.1. The molecule has 3 aromatic heterocycles. The number of pyridine rings is 1. The van der Waals surface area contributed by atoms with E-state index in [1.54, 1.807) is 35.3 Å². The maximum atomic E-state index is 12.1. The van der Waals surface area contributed by atoms with Crippen LogP contribution < -0.4 is 10.6 Å². The fourth-order valence-electron chi connectivity index (χ4n) is 2.39. The van der Waals surface area contributed by atoms with Crippen molar-refractivity contribution in [1.29, 1.82) is 0 Å². The first-order valence-electron chi connectivity index (χ1n) is 8.47. The molecule has 0 aromatic carbocycles. The maximum absolute atomic E-state index is 12.1. The molecule has 0 unspecified atom stereocenters. The first-order chi connectivity index (χ1) is 12.5. The van der Waals surface area contributed by atoms with E-state index in [4.69, 9.17) is 0 Å². The molecule has 3 heterocycles. The van der Waals surface area contributed by atoms with Crippen LogP contribution in [0.2, 0.25) is 0 Å². The van der Waals surface area contributed by atoms with Gasteiger partial charge in [0.1, 0.15) is 11.5 Å². The first-order valence-corrected chi connectivity index (χ1v) is 9.35. The van der Waals surface area contributed by atoms with E-state index in [2.05, 4.69) is 44.9 Å². The Balaban J connectivity index is 1.52. The maximum Gasteiger partial charge on any atom is 0.320 e. The summed E-state index contributed by atoms with van der Waals surface area (Å²) in [5.74, 6) is 1.04. The van der Waals surface area contributed by atoms with E-state index >= 15 is 0 Å². The van der Waals surface area contributed by atoms with Crippen LogP contribution in [0, 0.1) is 0 Å². The molecule has 0 aliphatic heterocycles. The lowest BCUT2D eigenvalue weighted by atomic mass is 10.2. The van der Waals surface area contributed by atoms with Crippen LogP contribution in [0.4, 0.5) is 10.6 Å². The highest BCUT2D eigenvalue weighted by Gasteiger charge is 2.11. The lowest BCUT2D eigenvalue weighted by Crippen LogP contribution is -2.31. The van der Waals surface area contributed by atoms with E-state index in [1.807, 2.05) is 18.2 Å². The lowest BCUT2D eigenvalue weighted by molar-refractivity contribution is 0.252. The smallest absolute Gasteiger partial charge is 0.320 e. The van der Waals surface area contributed by atoms with Crippen molar-refractivity contribution in [3.05, 3.63) is 46.5 Å². The summed E-state index contributed by atoms with van der Waals surface area (Å²) in [5.41, 5.74) is 2.49. The Kier molecular flexibility index (Phi) is 5.62. The Labute approximate surface area is 156 Å². The summed E-state index contributed by atoms with van der Waals surface area (Å²) in [4.78, 5) is 21.0. The van der Waals surface area contributed by atoms with Crippen LogP contribution in [0.25, 0.3) is 11.4 Å². The van der Waals surface area contributed by atoms with Gasteiger partial charge in [-0.25, -0.2) is 9.78 Å². The molecule has 136 valence electrons. The number of amides is 2. The molecule has 0 saturated carbocycles. The Morgan fingerprint density at radius 1 is 1.31 bits per heavy atom. The van der Waals surface area contributed by atoms with Crippen LogP contribution in [0.3, 0.4) is 0 Å². The summed E-state index contributed by atoms with van der Waals surface area (Å²) in [6, 6.07) is 7.17. The second-order valence-electron chi connectivity index (χ2n) is 6.22. The van der Waals surface area contributed by atoms with E-state index in [1.165, 1.54) is 0 Å². The second-order valence-corrected chi connectivity index (χ2v) is 7.11. The topological polar surface area (TPSA) is 84.7 Å². The Morgan fingerprint density at radius 3 is 2.85 bits per heavy atom. The van der Waals surface area contributed by atoms with Crippen molar-refractivity contribution in [2.45, 2.75) is 26.2 Å². The van der Waals surface area contributed by atoms with Gasteiger partial charge < -0.3 is 5.32 Å². The number of nitrogens with one attached hydrogen (secondary N) is 2. The highest BCUT2D eigenvalue weighted by Crippen LogP contribution is 2.20. The van der Waals surface area contributed by atoms with Gasteiger partial charge in [-0.05, 0) is 12.1 Å². The van der Waals surface area contributed by atoms with Crippen molar-refractivity contribution < 1.29 is 4.79 Å². The molecule has 3 aromatic rings. The zero-order chi connectivity index (χ0) is 18.5. The number of carbonyl (C=O) groups is 1. The predicted molar refractivity (Wildman–Crippen MR) is 103 cm³/mol. The van der Waals surface area contributed by atoms with Crippen LogP contribution >= 0.6 is 11.3 Å². The van der Waals surface area contributed by atoms with Gasteiger partial charge in [0, 0.05) is 43.6 Å². The summed E-state index contributed by atoms with van der Waals surface area (Å²) < 4.78 is 1.62. The molecule has 0 aliphatic rings. The number of urea groups is 1. The standard InChI is InChI=1S/C18H22N6OS/c1-12(2)17-21-13(11-26-17)7-9-20-18(25)22-16-10-15(23-24(16)3)14-6-4-5-8-19-14/h4-6,8,10-12H,7,9H2,1-3H3,(H2,20,22,25). The third kappa shape index (κ3) is 4.45. The zero-order valence-corrected chi connectivity index (χ0v) is 15.9. The summed E-state index contributed by atoms with van der Waals surface area (Å²) in [5, 5.41) is 13.2. The molecule has 26 heavy (non-hydrogen) atoms. The van der Waals surface area contributed by atoms with Gasteiger partial charge in [-0.15, -0.1) is 11.3 Å². The predicted octanol–water partition coefficient (Wildman–Crippen LogP) is 3.43. The average molecular weight is 370 g/mol. The summed E-state index contributed by atoms with van der Waals surface area (Å²) in [6.07, 6.45) is 2.42. The number of aryl methyl sites for hydroxylation is 1. The minimum Gasteiger partial charge on any atom is -0.337 e. The minimum atomic E-state index is -0.264. The number of aromatic nitrogens is 4. The van der Waals surface area contributed by atoms with Gasteiger partial charge in [-0.2, -0.15) is 5.10 Å². The molecule has 0 bridgehead atoms. The van der Waals surface area contributed by atoms with E-state index in [0.717, 1.165) is 16.4 Å². The normalized spacial score (nSPS) is 10.9. The van der Waals surface area contributed by atoms with Crippen molar-refractivity contribution in [3.63, 3.8) is 0 Å². The summed E-state index contributed by atoms with van der Waals surface area (Å²) in [6.45, 7) is 4.78. The first kappa shape index (κ1) is 18.1. The summed E-state index contributed by atoms with van der Waals surface area (Å²) >= 11 is 1.66. The van der Waals surface area contributed by atoms with Crippen molar-refractivity contribution >= 4 is 23.2 Å². The molecular formula is C18H22N6OS. The average Bonchev–Trinajstić information content (AvgIpc) is 3.23. The van der Waals surface area contributed by atoms with Crippen molar-refractivity contribution in [2.75, 3.05) is 11.9 Å². The number of carbonyl (C=O) groups excluding carboxylic acids is 1. The highest BCUT2D eigenvalue weighted by atomic mass is 32.1. The quantitative estimate of drug-likeness (QED) is 0.696. The van der Waals surface area contributed by atoms with Gasteiger partial charge in [0.15, 0.2) is 0 Å². The number of hydrogen-bond donors (Lipinski definition) is 2. The largest absolute Gasteiger partial charge is 0.337 e. The fourth-order valence-corrected chi connectivity index (χ4v) is 3.26. The number of nitrogens with zero attached hydrogens (tertiary/aromatic N) is 4. The molecule has 2 amide bonds. The van der Waals surface area contributed by atoms with Gasteiger partial charge in [0.25, 0.3) is 0 Å². The van der Waals surface area contributed by atoms with Gasteiger partial charge in [0.2, 0.25) is 0 Å².